The van der Waals surface area contributed by atoms with Crippen LogP contribution in [-0.2, 0) is 0 Å². The molecule has 0 aliphatic rings. The second kappa shape index (κ2) is 3.93. The Morgan fingerprint density at radius 2 is 1.29 bits per heavy atom. The highest BCUT2D eigenvalue weighted by Crippen LogP contribution is 2.21. The Morgan fingerprint density at radius 1 is 1.00 bits per heavy atom. The summed E-state index contributed by atoms with van der Waals surface area (Å²) >= 11 is 0. The van der Waals surface area contributed by atoms with Gasteiger partial charge in [-0.1, -0.05) is 0 Å². The van der Waals surface area contributed by atoms with Gasteiger partial charge in [0.05, 0.1) is 0 Å². The van der Waals surface area contributed by atoms with Gasteiger partial charge in [-0.15, -0.1) is 0 Å². The monoisotopic (exact) mass is 224 g/mol. The average molecular weight is 224 g/mol. The van der Waals surface area contributed by atoms with Gasteiger partial charge in [0.15, 0.2) is 0 Å². The highest BCUT2D eigenvalue weighted by Gasteiger charge is 2.38. The minimum atomic E-state index is -4.90. The lowest BCUT2D eigenvalue weighted by Gasteiger charge is -2.22. The fourth-order valence-electron chi connectivity index (χ4n) is 0.645. The van der Waals surface area contributed by atoms with Gasteiger partial charge in [-0.05, 0) is 0 Å². The van der Waals surface area contributed by atoms with Crippen LogP contribution in [0.1, 0.15) is 0 Å². The number of primary amides is 1. The summed E-state index contributed by atoms with van der Waals surface area (Å²) in [4.78, 5) is 9.68. The molecule has 0 aromatic rings. The van der Waals surface area contributed by atoms with Crippen LogP contribution >= 0.6 is 0 Å². The second-order valence-corrected chi connectivity index (χ2v) is 2.42. The third-order valence-corrected chi connectivity index (χ3v) is 1.05. The summed E-state index contributed by atoms with van der Waals surface area (Å²) in [6, 6.07) is -1.76. The van der Waals surface area contributed by atoms with Crippen molar-refractivity contribution in [2.75, 3.05) is 13.1 Å². The molecule has 0 aliphatic heterocycles. The zero-order chi connectivity index (χ0) is 11.6. The molecule has 0 saturated heterocycles. The molecule has 0 rings (SSSR count). The molecule has 0 radical (unpaired) electrons. The number of carbonyl (C=O) groups is 1. The van der Waals surface area contributed by atoms with Crippen LogP contribution in [-0.4, -0.2) is 36.4 Å². The van der Waals surface area contributed by atoms with E-state index in [9.17, 15) is 31.1 Å². The summed E-state index contributed by atoms with van der Waals surface area (Å²) in [7, 11) is 0. The molecule has 0 saturated carbocycles. The molecule has 0 bridgehead atoms. The van der Waals surface area contributed by atoms with Crippen molar-refractivity contribution in [3.63, 3.8) is 0 Å². The smallest absolute Gasteiger partial charge is 0.351 e. The van der Waals surface area contributed by atoms with Crippen molar-refractivity contribution >= 4 is 6.03 Å². The number of alkyl halides is 6. The molecule has 0 aromatic heterocycles. The first-order valence-electron chi connectivity index (χ1n) is 3.19. The molecule has 3 nitrogen and oxygen atoms in total. The summed E-state index contributed by atoms with van der Waals surface area (Å²) in [6.45, 7) is -4.02. The molecule has 2 amide bonds. The van der Waals surface area contributed by atoms with Crippen LogP contribution in [0.2, 0.25) is 0 Å². The van der Waals surface area contributed by atoms with Crippen LogP contribution in [0.4, 0.5) is 31.1 Å². The maximum atomic E-state index is 11.6. The van der Waals surface area contributed by atoms with Gasteiger partial charge in [-0.3, -0.25) is 0 Å². The summed E-state index contributed by atoms with van der Waals surface area (Å²) < 4.78 is 69.7. The van der Waals surface area contributed by atoms with Crippen LogP contribution in [0.15, 0.2) is 0 Å². The van der Waals surface area contributed by atoms with Crippen LogP contribution in [0.25, 0.3) is 0 Å². The lowest BCUT2D eigenvalue weighted by Crippen LogP contribution is -2.46. The number of urea groups is 1. The molecule has 0 aromatic carbocycles. The second-order valence-electron chi connectivity index (χ2n) is 2.42. The van der Waals surface area contributed by atoms with Crippen LogP contribution in [0.3, 0.4) is 0 Å². The number of hydrogen-bond donors (Lipinski definition) is 1. The maximum Gasteiger partial charge on any atom is 0.406 e. The number of hydrogen-bond acceptors (Lipinski definition) is 1. The lowest BCUT2D eigenvalue weighted by molar-refractivity contribution is -0.170. The van der Waals surface area contributed by atoms with E-state index in [1.165, 1.54) is 0 Å². The molecule has 0 atom stereocenters. The van der Waals surface area contributed by atoms with E-state index in [0.29, 0.717) is 0 Å². The molecular weight excluding hydrogens is 218 g/mol. The largest absolute Gasteiger partial charge is 0.406 e. The van der Waals surface area contributed by atoms with E-state index in [1.807, 2.05) is 0 Å². The standard InChI is InChI=1S/C5H6F6N2O/c6-4(7,8)1-13(3(12)14)2-5(9,10)11/h1-2H2,(H2,12,14). The van der Waals surface area contributed by atoms with E-state index < -0.39 is 36.4 Å². The predicted molar refractivity (Wildman–Crippen MR) is 33.3 cm³/mol. The topological polar surface area (TPSA) is 46.3 Å². The molecule has 2 N–H and O–H groups in total. The Balaban J connectivity index is 4.40. The Kier molecular flexibility index (Phi) is 3.60. The average Bonchev–Trinajstić information content (AvgIpc) is 1.78. The first-order chi connectivity index (χ1) is 6.01. The van der Waals surface area contributed by atoms with Gasteiger partial charge in [-0.2, -0.15) is 26.3 Å². The molecule has 9 heteroatoms. The number of nitrogens with zero attached hydrogens (tertiary/aromatic N) is 1. The predicted octanol–water partition coefficient (Wildman–Crippen LogP) is 1.49. The third-order valence-electron chi connectivity index (χ3n) is 1.05. The van der Waals surface area contributed by atoms with E-state index in [-0.39, 0.29) is 0 Å². The van der Waals surface area contributed by atoms with Crippen LogP contribution in [0, 0.1) is 0 Å². The SMILES string of the molecule is NC(=O)N(CC(F)(F)F)CC(F)(F)F. The van der Waals surface area contributed by atoms with Crippen molar-refractivity contribution in [2.45, 2.75) is 12.4 Å². The van der Waals surface area contributed by atoms with Crippen LogP contribution < -0.4 is 5.73 Å². The molecule has 84 valence electrons. The van der Waals surface area contributed by atoms with Gasteiger partial charge in [0.25, 0.3) is 0 Å². The van der Waals surface area contributed by atoms with E-state index >= 15 is 0 Å². The Bertz CT molecular complexity index is 193. The van der Waals surface area contributed by atoms with Crippen molar-refractivity contribution in [3.8, 4) is 0 Å². The first kappa shape index (κ1) is 12.8. The molecule has 0 fully saturated rings. The zero-order valence-electron chi connectivity index (χ0n) is 6.61. The van der Waals surface area contributed by atoms with Crippen molar-refractivity contribution < 1.29 is 31.1 Å². The highest BCUT2D eigenvalue weighted by atomic mass is 19.4. The van der Waals surface area contributed by atoms with Crippen molar-refractivity contribution in [3.05, 3.63) is 0 Å². The van der Waals surface area contributed by atoms with Gasteiger partial charge in [0, 0.05) is 0 Å². The Labute approximate surface area is 74.5 Å². The molecule has 0 aliphatic carbocycles. The number of halogens is 6. The highest BCUT2D eigenvalue weighted by molar-refractivity contribution is 5.72. The minimum Gasteiger partial charge on any atom is -0.351 e. The molecule has 0 unspecified atom stereocenters. The summed E-state index contributed by atoms with van der Waals surface area (Å²) in [5.74, 6) is 0. The van der Waals surface area contributed by atoms with Crippen molar-refractivity contribution in [1.29, 1.82) is 0 Å². The number of nitrogens with two attached hydrogens (primary N) is 1. The van der Waals surface area contributed by atoms with Crippen molar-refractivity contribution in [1.82, 2.24) is 4.90 Å². The van der Waals surface area contributed by atoms with Gasteiger partial charge < -0.3 is 10.6 Å². The van der Waals surface area contributed by atoms with Crippen molar-refractivity contribution in [2.24, 2.45) is 5.73 Å². The zero-order valence-corrected chi connectivity index (χ0v) is 6.61. The van der Waals surface area contributed by atoms with E-state index in [2.05, 4.69) is 5.73 Å². The number of carbonyl (C=O) groups excluding carboxylic acids is 1. The summed E-state index contributed by atoms with van der Waals surface area (Å²) in [5, 5.41) is 0. The maximum absolute atomic E-state index is 11.6. The molecular formula is C5H6F6N2O. The van der Waals surface area contributed by atoms with Gasteiger partial charge in [-0.25, -0.2) is 4.79 Å². The molecule has 0 heterocycles. The normalized spacial score (nSPS) is 12.7. The fourth-order valence-corrected chi connectivity index (χ4v) is 0.645. The fraction of sp³-hybridized carbons (Fsp3) is 0.800. The summed E-state index contributed by atoms with van der Waals surface area (Å²) in [6.07, 6.45) is -9.80. The van der Waals surface area contributed by atoms with E-state index in [4.69, 9.17) is 0 Å². The third kappa shape index (κ3) is 6.38. The van der Waals surface area contributed by atoms with Gasteiger partial charge in [0.1, 0.15) is 13.1 Å². The molecule has 0 spiro atoms. The Morgan fingerprint density at radius 3 is 1.43 bits per heavy atom. The number of rotatable bonds is 2. The van der Waals surface area contributed by atoms with E-state index in [1.54, 1.807) is 0 Å². The minimum absolute atomic E-state index is 0.528. The van der Waals surface area contributed by atoms with Crippen LogP contribution in [0.5, 0.6) is 0 Å². The molecule has 14 heavy (non-hydrogen) atoms. The van der Waals surface area contributed by atoms with Gasteiger partial charge >= 0.3 is 18.4 Å². The van der Waals surface area contributed by atoms with E-state index in [0.717, 1.165) is 0 Å². The van der Waals surface area contributed by atoms with Gasteiger partial charge in [0.2, 0.25) is 0 Å². The number of amides is 2. The summed E-state index contributed by atoms with van der Waals surface area (Å²) in [5.41, 5.74) is 4.34. The quantitative estimate of drug-likeness (QED) is 0.709. The Hall–Kier alpha value is -1.15. The lowest BCUT2D eigenvalue weighted by atomic mass is 10.5. The first-order valence-corrected chi connectivity index (χ1v) is 3.19.